The minimum atomic E-state index is -3.88. The third-order valence-electron chi connectivity index (χ3n) is 6.11. The van der Waals surface area contributed by atoms with E-state index < -0.39 is 28.5 Å². The van der Waals surface area contributed by atoms with Gasteiger partial charge in [-0.3, -0.25) is 13.9 Å². The number of fused-ring (bicyclic) bond motifs is 1. The molecule has 0 bridgehead atoms. The average molecular weight is 558 g/mol. The molecule has 0 saturated carbocycles. The van der Waals surface area contributed by atoms with Crippen LogP contribution in [0.5, 0.6) is 11.5 Å². The van der Waals surface area contributed by atoms with Gasteiger partial charge in [-0.1, -0.05) is 54.1 Å². The van der Waals surface area contributed by atoms with Crippen LogP contribution in [-0.4, -0.2) is 57.8 Å². The highest BCUT2D eigenvalue weighted by Crippen LogP contribution is 2.36. The minimum Gasteiger partial charge on any atom is -0.454 e. The molecule has 200 valence electrons. The third kappa shape index (κ3) is 6.56. The number of likely N-dealkylation sites (N-methyl/N-ethyl adjacent to an activating group) is 1. The molecule has 0 aliphatic carbocycles. The molecule has 1 atom stereocenters. The maximum Gasteiger partial charge on any atom is 0.244 e. The van der Waals surface area contributed by atoms with Gasteiger partial charge in [0.2, 0.25) is 28.6 Å². The summed E-state index contributed by atoms with van der Waals surface area (Å²) in [6, 6.07) is 20.0. The van der Waals surface area contributed by atoms with Gasteiger partial charge in [0, 0.05) is 31.1 Å². The predicted octanol–water partition coefficient (Wildman–Crippen LogP) is 3.22. The maximum absolute atomic E-state index is 13.9. The van der Waals surface area contributed by atoms with Crippen LogP contribution in [0.1, 0.15) is 11.1 Å². The van der Waals surface area contributed by atoms with Crippen LogP contribution in [0.2, 0.25) is 5.02 Å². The van der Waals surface area contributed by atoms with Gasteiger partial charge in [0.25, 0.3) is 0 Å². The summed E-state index contributed by atoms with van der Waals surface area (Å²) in [6.07, 6.45) is 1.26. The number of rotatable bonds is 10. The molecular formula is C27H28ClN3O6S. The van der Waals surface area contributed by atoms with E-state index in [0.717, 1.165) is 21.7 Å². The number of amides is 2. The quantitative estimate of drug-likeness (QED) is 0.410. The lowest BCUT2D eigenvalue weighted by molar-refractivity contribution is -0.139. The van der Waals surface area contributed by atoms with Gasteiger partial charge in [0.1, 0.15) is 12.6 Å². The van der Waals surface area contributed by atoms with Crippen molar-refractivity contribution < 1.29 is 27.5 Å². The van der Waals surface area contributed by atoms with Crippen molar-refractivity contribution in [2.75, 3.05) is 30.9 Å². The molecule has 3 aromatic carbocycles. The van der Waals surface area contributed by atoms with E-state index in [9.17, 15) is 18.0 Å². The lowest BCUT2D eigenvalue weighted by Gasteiger charge is -2.33. The highest BCUT2D eigenvalue weighted by Gasteiger charge is 2.33. The summed E-state index contributed by atoms with van der Waals surface area (Å²) in [5.74, 6) is -0.0490. The SMILES string of the molecule is CNC(=O)[C@H](Cc1ccccc1)N(Cc1ccc(Cl)cc1)C(=O)CN(c1ccc2c(c1)OCO2)S(C)(=O)=O. The van der Waals surface area contributed by atoms with Crippen LogP contribution in [0.25, 0.3) is 0 Å². The van der Waals surface area contributed by atoms with Crippen molar-refractivity contribution in [2.45, 2.75) is 19.0 Å². The number of ether oxygens (including phenoxy) is 2. The summed E-state index contributed by atoms with van der Waals surface area (Å²) in [4.78, 5) is 28.4. The molecule has 1 aliphatic rings. The Morgan fingerprint density at radius 1 is 0.974 bits per heavy atom. The first-order valence-corrected chi connectivity index (χ1v) is 14.0. The molecule has 0 saturated heterocycles. The van der Waals surface area contributed by atoms with Crippen molar-refractivity contribution in [3.8, 4) is 11.5 Å². The smallest absolute Gasteiger partial charge is 0.244 e. The molecule has 9 nitrogen and oxygen atoms in total. The summed E-state index contributed by atoms with van der Waals surface area (Å²) in [5.41, 5.74) is 1.83. The Kier molecular flexibility index (Phi) is 8.43. The van der Waals surface area contributed by atoms with Crippen molar-refractivity contribution in [1.29, 1.82) is 0 Å². The number of halogens is 1. The Balaban J connectivity index is 1.70. The normalized spacial score (nSPS) is 13.0. The summed E-state index contributed by atoms with van der Waals surface area (Å²) < 4.78 is 37.4. The van der Waals surface area contributed by atoms with Gasteiger partial charge < -0.3 is 19.7 Å². The van der Waals surface area contributed by atoms with E-state index in [-0.39, 0.29) is 31.4 Å². The highest BCUT2D eigenvalue weighted by molar-refractivity contribution is 7.92. The topological polar surface area (TPSA) is 105 Å². The van der Waals surface area contributed by atoms with Gasteiger partial charge in [0.15, 0.2) is 11.5 Å². The molecule has 0 aromatic heterocycles. The molecule has 1 heterocycles. The number of sulfonamides is 1. The number of nitrogens with zero attached hydrogens (tertiary/aromatic N) is 2. The van der Waals surface area contributed by atoms with Crippen LogP contribution in [0, 0.1) is 0 Å². The number of carbonyl (C=O) groups is 2. The Morgan fingerprint density at radius 2 is 1.66 bits per heavy atom. The second-order valence-electron chi connectivity index (χ2n) is 8.78. The van der Waals surface area contributed by atoms with Gasteiger partial charge in [-0.2, -0.15) is 0 Å². The zero-order valence-electron chi connectivity index (χ0n) is 21.0. The van der Waals surface area contributed by atoms with Gasteiger partial charge in [-0.25, -0.2) is 8.42 Å². The molecule has 4 rings (SSSR count). The summed E-state index contributed by atoms with van der Waals surface area (Å²) >= 11 is 6.04. The number of benzene rings is 3. The number of hydrogen-bond donors (Lipinski definition) is 1. The summed E-state index contributed by atoms with van der Waals surface area (Å²) in [5, 5.41) is 3.18. The van der Waals surface area contributed by atoms with E-state index >= 15 is 0 Å². The number of nitrogens with one attached hydrogen (secondary N) is 1. The lowest BCUT2D eigenvalue weighted by atomic mass is 10.0. The summed E-state index contributed by atoms with van der Waals surface area (Å²) in [6.45, 7) is -0.424. The minimum absolute atomic E-state index is 0.0265. The Labute approximate surface area is 227 Å². The zero-order chi connectivity index (χ0) is 27.3. The fourth-order valence-electron chi connectivity index (χ4n) is 4.16. The van der Waals surface area contributed by atoms with Crippen LogP contribution in [-0.2, 0) is 32.6 Å². The molecule has 0 fully saturated rings. The van der Waals surface area contributed by atoms with Crippen LogP contribution >= 0.6 is 11.6 Å². The van der Waals surface area contributed by atoms with Crippen molar-refractivity contribution in [3.63, 3.8) is 0 Å². The van der Waals surface area contributed by atoms with Crippen LogP contribution in [0.3, 0.4) is 0 Å². The standard InChI is InChI=1S/C27H28ClN3O6S/c1-29-27(33)23(14-19-6-4-3-5-7-19)30(16-20-8-10-21(28)11-9-20)26(32)17-31(38(2,34)35)22-12-13-24-25(15-22)37-18-36-24/h3-13,15,23H,14,16-18H2,1-2H3,(H,29,33)/t23-/m0/s1. The van der Waals surface area contributed by atoms with Crippen molar-refractivity contribution >= 4 is 39.1 Å². The largest absolute Gasteiger partial charge is 0.454 e. The average Bonchev–Trinajstić information content (AvgIpc) is 3.37. The first-order valence-electron chi connectivity index (χ1n) is 11.8. The van der Waals surface area contributed by atoms with E-state index in [0.29, 0.717) is 16.5 Å². The maximum atomic E-state index is 13.9. The van der Waals surface area contributed by atoms with Gasteiger partial charge in [0.05, 0.1) is 11.9 Å². The van der Waals surface area contributed by atoms with Crippen LogP contribution in [0.4, 0.5) is 5.69 Å². The molecule has 2 amide bonds. The number of anilines is 1. The zero-order valence-corrected chi connectivity index (χ0v) is 22.5. The summed E-state index contributed by atoms with van der Waals surface area (Å²) in [7, 11) is -2.38. The fraction of sp³-hybridized carbons (Fsp3) is 0.259. The van der Waals surface area contributed by atoms with Gasteiger partial charge >= 0.3 is 0 Å². The Hall–Kier alpha value is -3.76. The first kappa shape index (κ1) is 27.3. The molecule has 38 heavy (non-hydrogen) atoms. The predicted molar refractivity (Wildman–Crippen MR) is 145 cm³/mol. The van der Waals surface area contributed by atoms with Gasteiger partial charge in [-0.05, 0) is 35.4 Å². The number of carbonyl (C=O) groups excluding carboxylic acids is 2. The molecule has 1 N–H and O–H groups in total. The lowest BCUT2D eigenvalue weighted by Crippen LogP contribution is -2.52. The van der Waals surface area contributed by atoms with Crippen LogP contribution in [0.15, 0.2) is 72.8 Å². The Bertz CT molecular complexity index is 1400. The van der Waals surface area contributed by atoms with E-state index in [1.807, 2.05) is 30.3 Å². The van der Waals surface area contributed by atoms with E-state index in [1.165, 1.54) is 18.0 Å². The molecule has 11 heteroatoms. The first-order chi connectivity index (χ1) is 18.2. The molecular weight excluding hydrogens is 530 g/mol. The van der Waals surface area contributed by atoms with Crippen molar-refractivity contribution in [1.82, 2.24) is 10.2 Å². The second-order valence-corrected chi connectivity index (χ2v) is 11.1. The van der Waals surface area contributed by atoms with Gasteiger partial charge in [-0.15, -0.1) is 0 Å². The van der Waals surface area contributed by atoms with Crippen molar-refractivity contribution in [2.24, 2.45) is 0 Å². The fourth-order valence-corrected chi connectivity index (χ4v) is 5.13. The van der Waals surface area contributed by atoms with E-state index in [1.54, 1.807) is 36.4 Å². The monoisotopic (exact) mass is 557 g/mol. The molecule has 0 spiro atoms. The van der Waals surface area contributed by atoms with E-state index in [4.69, 9.17) is 21.1 Å². The van der Waals surface area contributed by atoms with Crippen molar-refractivity contribution in [3.05, 3.63) is 88.9 Å². The third-order valence-corrected chi connectivity index (χ3v) is 7.50. The molecule has 0 unspecified atom stereocenters. The number of hydrogen-bond acceptors (Lipinski definition) is 6. The Morgan fingerprint density at radius 3 is 2.32 bits per heavy atom. The molecule has 0 radical (unpaired) electrons. The highest BCUT2D eigenvalue weighted by atomic mass is 35.5. The molecule has 1 aliphatic heterocycles. The van der Waals surface area contributed by atoms with E-state index in [2.05, 4.69) is 5.32 Å². The second kappa shape index (κ2) is 11.7. The van der Waals surface area contributed by atoms with Crippen LogP contribution < -0.4 is 19.1 Å². The molecule has 3 aromatic rings.